The van der Waals surface area contributed by atoms with E-state index in [9.17, 15) is 4.79 Å². The predicted molar refractivity (Wildman–Crippen MR) is 117 cm³/mol. The molecular formula is C21H29Cl2N3O2. The van der Waals surface area contributed by atoms with Crippen LogP contribution in [0.5, 0.6) is 0 Å². The number of halogens is 2. The van der Waals surface area contributed by atoms with Crippen LogP contribution in [0.15, 0.2) is 42.5 Å². The van der Waals surface area contributed by atoms with Crippen molar-refractivity contribution in [3.8, 4) is 0 Å². The van der Waals surface area contributed by atoms with Crippen molar-refractivity contribution in [2.75, 3.05) is 32.7 Å². The van der Waals surface area contributed by atoms with E-state index in [1.165, 1.54) is 16.3 Å². The Morgan fingerprint density at radius 2 is 1.71 bits per heavy atom. The maximum Gasteiger partial charge on any atom is 0.251 e. The molecule has 4 rings (SSSR count). The van der Waals surface area contributed by atoms with Gasteiger partial charge in [0.1, 0.15) is 6.10 Å². The second-order valence-corrected chi connectivity index (χ2v) is 7.30. The van der Waals surface area contributed by atoms with Crippen LogP contribution in [0, 0.1) is 0 Å². The number of amides is 1. The van der Waals surface area contributed by atoms with Crippen LogP contribution in [0.4, 0.5) is 0 Å². The van der Waals surface area contributed by atoms with Gasteiger partial charge in [-0.3, -0.25) is 9.69 Å². The number of rotatable bonds is 4. The quantitative estimate of drug-likeness (QED) is 0.817. The number of nitrogens with zero attached hydrogens (tertiary/aromatic N) is 2. The van der Waals surface area contributed by atoms with Crippen molar-refractivity contribution < 1.29 is 9.53 Å². The van der Waals surface area contributed by atoms with Gasteiger partial charge >= 0.3 is 0 Å². The monoisotopic (exact) mass is 425 g/mol. The third-order valence-electron chi connectivity index (χ3n) is 5.60. The number of hydrogen-bond acceptors (Lipinski definition) is 4. The fraction of sp³-hybridized carbons (Fsp3) is 0.476. The summed E-state index contributed by atoms with van der Waals surface area (Å²) in [7, 11) is 0. The fourth-order valence-electron chi connectivity index (χ4n) is 4.06. The van der Waals surface area contributed by atoms with Gasteiger partial charge in [-0.2, -0.15) is 0 Å². The highest BCUT2D eigenvalue weighted by atomic mass is 35.5. The van der Waals surface area contributed by atoms with Crippen LogP contribution in [-0.2, 0) is 16.1 Å². The second kappa shape index (κ2) is 10.4. The first-order valence-electron chi connectivity index (χ1n) is 9.58. The molecule has 0 unspecified atom stereocenters. The molecule has 0 saturated carbocycles. The second-order valence-electron chi connectivity index (χ2n) is 7.30. The Kier molecular flexibility index (Phi) is 8.53. The van der Waals surface area contributed by atoms with Crippen LogP contribution < -0.4 is 5.73 Å². The Bertz CT molecular complexity index is 776. The Morgan fingerprint density at radius 1 is 1.00 bits per heavy atom. The van der Waals surface area contributed by atoms with E-state index in [0.29, 0.717) is 6.54 Å². The van der Waals surface area contributed by atoms with Gasteiger partial charge in [0.2, 0.25) is 0 Å². The maximum absolute atomic E-state index is 12.6. The van der Waals surface area contributed by atoms with Crippen molar-refractivity contribution in [1.29, 1.82) is 0 Å². The van der Waals surface area contributed by atoms with Gasteiger partial charge < -0.3 is 15.4 Å². The molecule has 2 fully saturated rings. The number of hydrogen-bond donors (Lipinski definition) is 1. The summed E-state index contributed by atoms with van der Waals surface area (Å²) < 4.78 is 5.77. The van der Waals surface area contributed by atoms with Gasteiger partial charge in [0.05, 0.1) is 6.10 Å². The zero-order chi connectivity index (χ0) is 17.9. The lowest BCUT2D eigenvalue weighted by Gasteiger charge is -2.36. The molecule has 5 nitrogen and oxygen atoms in total. The van der Waals surface area contributed by atoms with E-state index >= 15 is 0 Å². The summed E-state index contributed by atoms with van der Waals surface area (Å²) in [6.45, 7) is 4.79. The van der Waals surface area contributed by atoms with E-state index in [0.717, 1.165) is 45.6 Å². The minimum Gasteiger partial charge on any atom is -0.364 e. The topological polar surface area (TPSA) is 58.8 Å². The van der Waals surface area contributed by atoms with Gasteiger partial charge in [-0.25, -0.2) is 0 Å². The Morgan fingerprint density at radius 3 is 2.43 bits per heavy atom. The number of carbonyl (C=O) groups is 1. The molecule has 0 aliphatic carbocycles. The summed E-state index contributed by atoms with van der Waals surface area (Å²) in [5.41, 5.74) is 7.00. The third-order valence-corrected chi connectivity index (χ3v) is 5.60. The summed E-state index contributed by atoms with van der Waals surface area (Å²) in [5, 5.41) is 2.60. The molecule has 28 heavy (non-hydrogen) atoms. The van der Waals surface area contributed by atoms with E-state index in [1.54, 1.807) is 0 Å². The molecule has 2 aliphatic heterocycles. The molecule has 0 aromatic heterocycles. The highest BCUT2D eigenvalue weighted by Gasteiger charge is 2.34. The minimum absolute atomic E-state index is 0. The van der Waals surface area contributed by atoms with Gasteiger partial charge in [-0.15, -0.1) is 24.8 Å². The molecule has 0 bridgehead atoms. The van der Waals surface area contributed by atoms with Crippen LogP contribution in [0.2, 0.25) is 0 Å². The van der Waals surface area contributed by atoms with Gasteiger partial charge in [0.25, 0.3) is 5.91 Å². The highest BCUT2D eigenvalue weighted by molar-refractivity contribution is 5.86. The zero-order valence-corrected chi connectivity index (χ0v) is 17.6. The van der Waals surface area contributed by atoms with Crippen LogP contribution in [0.25, 0.3) is 10.8 Å². The smallest absolute Gasteiger partial charge is 0.251 e. The molecule has 2 aromatic carbocycles. The average Bonchev–Trinajstić information content (AvgIpc) is 3.18. The van der Waals surface area contributed by atoms with Crippen molar-refractivity contribution in [3.63, 3.8) is 0 Å². The van der Waals surface area contributed by atoms with Crippen molar-refractivity contribution >= 4 is 41.5 Å². The Labute approximate surface area is 179 Å². The first kappa shape index (κ1) is 22.9. The molecule has 2 aliphatic rings. The molecule has 2 atom stereocenters. The van der Waals surface area contributed by atoms with Crippen molar-refractivity contribution in [2.45, 2.75) is 31.6 Å². The van der Waals surface area contributed by atoms with E-state index in [-0.39, 0.29) is 42.9 Å². The molecule has 2 heterocycles. The largest absolute Gasteiger partial charge is 0.364 e. The molecule has 2 saturated heterocycles. The molecule has 7 heteroatoms. The van der Waals surface area contributed by atoms with Crippen molar-refractivity contribution in [1.82, 2.24) is 9.80 Å². The zero-order valence-electron chi connectivity index (χ0n) is 16.0. The van der Waals surface area contributed by atoms with Crippen molar-refractivity contribution in [3.05, 3.63) is 48.0 Å². The molecule has 1 amide bonds. The average molecular weight is 426 g/mol. The van der Waals surface area contributed by atoms with Gasteiger partial charge in [0.15, 0.2) is 0 Å². The maximum atomic E-state index is 12.6. The SMILES string of the molecule is Cl.Cl.NC[C@H]1CC[C@@H](C(=O)N2CCN(Cc3cccc4ccccc34)CC2)O1. The van der Waals surface area contributed by atoms with E-state index in [1.807, 2.05) is 4.90 Å². The lowest BCUT2D eigenvalue weighted by atomic mass is 10.0. The molecule has 0 spiro atoms. The summed E-state index contributed by atoms with van der Waals surface area (Å²) in [5.74, 6) is 0.144. The van der Waals surface area contributed by atoms with Crippen LogP contribution in [-0.4, -0.2) is 60.6 Å². The van der Waals surface area contributed by atoms with Crippen LogP contribution in [0.1, 0.15) is 18.4 Å². The standard InChI is InChI=1S/C21H27N3O2.2ClH/c22-14-18-8-9-20(26-18)21(25)24-12-10-23(11-13-24)15-17-6-3-5-16-4-1-2-7-19(16)17;;/h1-7,18,20H,8-15,22H2;2*1H/t18-,20+;;/m1../s1. The van der Waals surface area contributed by atoms with Gasteiger partial charge in [-0.1, -0.05) is 42.5 Å². The molecular weight excluding hydrogens is 397 g/mol. The normalized spacial score (nSPS) is 22.5. The minimum atomic E-state index is -0.284. The highest BCUT2D eigenvalue weighted by Crippen LogP contribution is 2.23. The van der Waals surface area contributed by atoms with Gasteiger partial charge in [0, 0.05) is 39.3 Å². The third kappa shape index (κ3) is 4.97. The van der Waals surface area contributed by atoms with Crippen LogP contribution in [0.3, 0.4) is 0 Å². The number of carbonyl (C=O) groups excluding carboxylic acids is 1. The first-order valence-corrected chi connectivity index (χ1v) is 9.58. The van der Waals surface area contributed by atoms with E-state index in [4.69, 9.17) is 10.5 Å². The lowest BCUT2D eigenvalue weighted by molar-refractivity contribution is -0.144. The molecule has 2 aromatic rings. The van der Waals surface area contributed by atoms with Crippen molar-refractivity contribution in [2.24, 2.45) is 5.73 Å². The number of ether oxygens (including phenoxy) is 1. The molecule has 0 radical (unpaired) electrons. The van der Waals surface area contributed by atoms with E-state index in [2.05, 4.69) is 47.4 Å². The summed E-state index contributed by atoms with van der Waals surface area (Å²) in [6.07, 6.45) is 1.47. The number of nitrogens with two attached hydrogens (primary N) is 1. The number of fused-ring (bicyclic) bond motifs is 1. The molecule has 154 valence electrons. The summed E-state index contributed by atoms with van der Waals surface area (Å²) in [4.78, 5) is 17.0. The van der Waals surface area contributed by atoms with Gasteiger partial charge in [-0.05, 0) is 29.2 Å². The number of benzene rings is 2. The Hall–Kier alpha value is -1.37. The Balaban J connectivity index is 0.00000140. The van der Waals surface area contributed by atoms with E-state index < -0.39 is 0 Å². The predicted octanol–water partition coefficient (Wildman–Crippen LogP) is 2.83. The fourth-order valence-corrected chi connectivity index (χ4v) is 4.06. The summed E-state index contributed by atoms with van der Waals surface area (Å²) in [6, 6.07) is 15.0. The number of piperazine rings is 1. The molecule has 2 N–H and O–H groups in total. The lowest BCUT2D eigenvalue weighted by Crippen LogP contribution is -2.51. The van der Waals surface area contributed by atoms with Crippen LogP contribution >= 0.6 is 24.8 Å². The first-order chi connectivity index (χ1) is 12.7. The summed E-state index contributed by atoms with van der Waals surface area (Å²) >= 11 is 0.